The molecule has 1 heterocycles. The van der Waals surface area contributed by atoms with Crippen LogP contribution in [0, 0.1) is 6.92 Å². The van der Waals surface area contributed by atoms with Crippen molar-refractivity contribution in [1.29, 1.82) is 0 Å². The van der Waals surface area contributed by atoms with Gasteiger partial charge in [0, 0.05) is 25.8 Å². The van der Waals surface area contributed by atoms with Crippen LogP contribution in [0.3, 0.4) is 0 Å². The van der Waals surface area contributed by atoms with Gasteiger partial charge in [0.1, 0.15) is 0 Å². The number of nitrogens with zero attached hydrogens (tertiary/aromatic N) is 1. The van der Waals surface area contributed by atoms with Crippen LogP contribution in [0.4, 0.5) is 0 Å². The minimum absolute atomic E-state index is 0.0230. The first kappa shape index (κ1) is 17.9. The van der Waals surface area contributed by atoms with E-state index in [0.717, 1.165) is 24.9 Å². The summed E-state index contributed by atoms with van der Waals surface area (Å²) in [4.78, 5) is 14.1. The molecule has 0 spiro atoms. The molecule has 0 bridgehead atoms. The van der Waals surface area contributed by atoms with Crippen molar-refractivity contribution in [1.82, 2.24) is 10.2 Å². The molecular weight excluding hydrogens is 292 g/mol. The van der Waals surface area contributed by atoms with Gasteiger partial charge in [-0.05, 0) is 31.9 Å². The fourth-order valence-electron chi connectivity index (χ4n) is 2.76. The molecule has 0 aliphatic carbocycles. The third-order valence-corrected chi connectivity index (χ3v) is 4.29. The van der Waals surface area contributed by atoms with E-state index in [1.165, 1.54) is 5.56 Å². The number of rotatable bonds is 7. The molecule has 1 amide bonds. The molecule has 0 saturated carbocycles. The third kappa shape index (κ3) is 5.94. The smallest absolute Gasteiger partial charge is 0.234 e. The van der Waals surface area contributed by atoms with Crippen LogP contribution >= 0.6 is 0 Å². The molecule has 1 unspecified atom stereocenters. The van der Waals surface area contributed by atoms with E-state index >= 15 is 0 Å². The Bertz CT molecular complexity index is 484. The zero-order valence-corrected chi connectivity index (χ0v) is 14.1. The third-order valence-electron chi connectivity index (χ3n) is 4.29. The average Bonchev–Trinajstić information content (AvgIpc) is 2.55. The van der Waals surface area contributed by atoms with E-state index in [9.17, 15) is 9.90 Å². The van der Waals surface area contributed by atoms with Crippen LogP contribution in [0.2, 0.25) is 0 Å². The second kappa shape index (κ2) is 9.01. The molecule has 5 nitrogen and oxygen atoms in total. The Labute approximate surface area is 138 Å². The average molecular weight is 320 g/mol. The molecule has 2 rings (SSSR count). The number of carbonyl (C=O) groups is 1. The van der Waals surface area contributed by atoms with Crippen LogP contribution in [0.1, 0.15) is 37.0 Å². The van der Waals surface area contributed by atoms with Crippen molar-refractivity contribution in [2.45, 2.75) is 38.8 Å². The van der Waals surface area contributed by atoms with Gasteiger partial charge in [0.15, 0.2) is 0 Å². The largest absolute Gasteiger partial charge is 0.387 e. The van der Waals surface area contributed by atoms with Crippen LogP contribution in [0.15, 0.2) is 24.3 Å². The summed E-state index contributed by atoms with van der Waals surface area (Å²) < 4.78 is 5.30. The molecule has 23 heavy (non-hydrogen) atoms. The number of likely N-dealkylation sites (N-methyl/N-ethyl adjacent to an activating group) is 1. The highest BCUT2D eigenvalue weighted by molar-refractivity contribution is 5.78. The van der Waals surface area contributed by atoms with E-state index in [2.05, 4.69) is 5.32 Å². The van der Waals surface area contributed by atoms with E-state index in [1.54, 1.807) is 0 Å². The summed E-state index contributed by atoms with van der Waals surface area (Å²) in [6.45, 7) is 6.96. The lowest BCUT2D eigenvalue weighted by Crippen LogP contribution is -2.45. The summed E-state index contributed by atoms with van der Waals surface area (Å²) in [6.07, 6.45) is 1.18. The molecule has 5 heteroatoms. The van der Waals surface area contributed by atoms with Crippen molar-refractivity contribution in [3.63, 3.8) is 0 Å². The van der Waals surface area contributed by atoms with Gasteiger partial charge in [0.2, 0.25) is 5.91 Å². The predicted octanol–water partition coefficient (Wildman–Crippen LogP) is 1.65. The maximum absolute atomic E-state index is 12.2. The quantitative estimate of drug-likeness (QED) is 0.802. The van der Waals surface area contributed by atoms with Crippen LogP contribution in [0.25, 0.3) is 0 Å². The molecule has 1 aromatic rings. The zero-order valence-electron chi connectivity index (χ0n) is 14.1. The van der Waals surface area contributed by atoms with E-state index < -0.39 is 6.10 Å². The lowest BCUT2D eigenvalue weighted by molar-refractivity contribution is -0.123. The summed E-state index contributed by atoms with van der Waals surface area (Å²) in [5.74, 6) is 0.0230. The summed E-state index contributed by atoms with van der Waals surface area (Å²) in [6, 6.07) is 8.09. The standard InChI is InChI=1S/C18H28N2O3/c1-3-20(12-17(21)15-6-4-14(2)5-7-15)13-18(22)19-16-8-10-23-11-9-16/h4-7,16-17,21H,3,8-13H2,1-2H3,(H,19,22). The molecular formula is C18H28N2O3. The molecule has 1 aliphatic rings. The summed E-state index contributed by atoms with van der Waals surface area (Å²) in [5.41, 5.74) is 2.06. The van der Waals surface area contributed by atoms with Gasteiger partial charge >= 0.3 is 0 Å². The fourth-order valence-corrected chi connectivity index (χ4v) is 2.76. The Hall–Kier alpha value is -1.43. The highest BCUT2D eigenvalue weighted by Gasteiger charge is 2.19. The normalized spacial score (nSPS) is 17.2. The van der Waals surface area contributed by atoms with Gasteiger partial charge in [-0.3, -0.25) is 9.69 Å². The first-order chi connectivity index (χ1) is 11.1. The molecule has 1 aromatic carbocycles. The van der Waals surface area contributed by atoms with Gasteiger partial charge in [0.05, 0.1) is 12.6 Å². The molecule has 1 fully saturated rings. The number of nitrogens with one attached hydrogen (secondary N) is 1. The Morgan fingerprint density at radius 2 is 2.00 bits per heavy atom. The highest BCUT2D eigenvalue weighted by Crippen LogP contribution is 2.15. The topological polar surface area (TPSA) is 61.8 Å². The van der Waals surface area contributed by atoms with E-state index in [4.69, 9.17) is 4.74 Å². The number of hydrogen-bond acceptors (Lipinski definition) is 4. The number of carbonyl (C=O) groups excluding carboxylic acids is 1. The van der Waals surface area contributed by atoms with Crippen LogP contribution in [0.5, 0.6) is 0 Å². The molecule has 1 aliphatic heterocycles. The maximum Gasteiger partial charge on any atom is 0.234 e. The number of benzene rings is 1. The van der Waals surface area contributed by atoms with Gasteiger partial charge < -0.3 is 15.2 Å². The van der Waals surface area contributed by atoms with Crippen molar-refractivity contribution in [2.75, 3.05) is 32.8 Å². The van der Waals surface area contributed by atoms with Gasteiger partial charge in [-0.1, -0.05) is 36.8 Å². The minimum atomic E-state index is -0.577. The van der Waals surface area contributed by atoms with Crippen molar-refractivity contribution >= 4 is 5.91 Å². The molecule has 0 radical (unpaired) electrons. The molecule has 2 N–H and O–H groups in total. The Morgan fingerprint density at radius 1 is 1.35 bits per heavy atom. The molecule has 0 aromatic heterocycles. The van der Waals surface area contributed by atoms with Crippen LogP contribution in [-0.2, 0) is 9.53 Å². The lowest BCUT2D eigenvalue weighted by atomic mass is 10.1. The predicted molar refractivity (Wildman–Crippen MR) is 90.2 cm³/mol. The van der Waals surface area contributed by atoms with Crippen LogP contribution in [-0.4, -0.2) is 54.8 Å². The Kier molecular flexibility index (Phi) is 7.02. The Morgan fingerprint density at radius 3 is 2.61 bits per heavy atom. The van der Waals surface area contributed by atoms with Crippen molar-refractivity contribution in [3.8, 4) is 0 Å². The molecule has 1 saturated heterocycles. The SMILES string of the molecule is CCN(CC(=O)NC1CCOCC1)CC(O)c1ccc(C)cc1. The number of aryl methyl sites for hydroxylation is 1. The maximum atomic E-state index is 12.2. The summed E-state index contributed by atoms with van der Waals surface area (Å²) in [7, 11) is 0. The number of ether oxygens (including phenoxy) is 1. The summed E-state index contributed by atoms with van der Waals surface area (Å²) >= 11 is 0. The first-order valence-corrected chi connectivity index (χ1v) is 8.42. The first-order valence-electron chi connectivity index (χ1n) is 8.42. The second-order valence-electron chi connectivity index (χ2n) is 6.21. The van der Waals surface area contributed by atoms with E-state index in [-0.39, 0.29) is 11.9 Å². The lowest BCUT2D eigenvalue weighted by Gasteiger charge is -2.26. The number of amides is 1. The monoisotopic (exact) mass is 320 g/mol. The van der Waals surface area contributed by atoms with E-state index in [0.29, 0.717) is 26.3 Å². The minimum Gasteiger partial charge on any atom is -0.387 e. The molecule has 128 valence electrons. The number of aliphatic hydroxyl groups is 1. The Balaban J connectivity index is 1.81. The van der Waals surface area contributed by atoms with Gasteiger partial charge in [-0.25, -0.2) is 0 Å². The van der Waals surface area contributed by atoms with E-state index in [1.807, 2.05) is 43.0 Å². The van der Waals surface area contributed by atoms with Crippen molar-refractivity contribution in [3.05, 3.63) is 35.4 Å². The second-order valence-corrected chi connectivity index (χ2v) is 6.21. The summed E-state index contributed by atoms with van der Waals surface area (Å²) in [5, 5.41) is 13.4. The van der Waals surface area contributed by atoms with Gasteiger partial charge in [0.25, 0.3) is 0 Å². The highest BCUT2D eigenvalue weighted by atomic mass is 16.5. The van der Waals surface area contributed by atoms with Gasteiger partial charge in [-0.2, -0.15) is 0 Å². The number of hydrogen-bond donors (Lipinski definition) is 2. The number of aliphatic hydroxyl groups excluding tert-OH is 1. The zero-order chi connectivity index (χ0) is 16.7. The van der Waals surface area contributed by atoms with Crippen molar-refractivity contribution < 1.29 is 14.6 Å². The van der Waals surface area contributed by atoms with Gasteiger partial charge in [-0.15, -0.1) is 0 Å². The fraction of sp³-hybridized carbons (Fsp3) is 0.611. The molecule has 1 atom stereocenters. The van der Waals surface area contributed by atoms with Crippen LogP contribution < -0.4 is 5.32 Å². The van der Waals surface area contributed by atoms with Crippen molar-refractivity contribution in [2.24, 2.45) is 0 Å².